The normalized spacial score (nSPS) is 9.79. The summed E-state index contributed by atoms with van der Waals surface area (Å²) in [4.78, 5) is 17.7. The van der Waals surface area contributed by atoms with E-state index < -0.39 is 0 Å². The molecule has 0 saturated heterocycles. The van der Waals surface area contributed by atoms with E-state index in [2.05, 4.69) is 25.9 Å². The first-order chi connectivity index (χ1) is 6.81. The van der Waals surface area contributed by atoms with Gasteiger partial charge in [-0.3, -0.25) is 4.98 Å². The fourth-order valence-electron chi connectivity index (χ4n) is 1.23. The standard InChI is InChI=1S/C10H5BrN2O/c11-9-3-1-2-7-4-8(13-6-14)5-12-10(7)9/h1-5H. The minimum Gasteiger partial charge on any atom is -0.253 e. The maximum Gasteiger partial charge on any atom is 0.240 e. The minimum absolute atomic E-state index is 0.519. The predicted molar refractivity (Wildman–Crippen MR) is 57.2 cm³/mol. The lowest BCUT2D eigenvalue weighted by Crippen LogP contribution is -1.79. The number of carbonyl (C=O) groups excluding carboxylic acids is 1. The van der Waals surface area contributed by atoms with E-state index in [1.165, 1.54) is 12.3 Å². The van der Waals surface area contributed by atoms with Crippen LogP contribution in [-0.4, -0.2) is 11.1 Å². The van der Waals surface area contributed by atoms with E-state index in [4.69, 9.17) is 0 Å². The lowest BCUT2D eigenvalue weighted by molar-refractivity contribution is 0.565. The molecule has 1 aromatic carbocycles. The van der Waals surface area contributed by atoms with Crippen molar-refractivity contribution in [2.24, 2.45) is 4.99 Å². The van der Waals surface area contributed by atoms with E-state index in [1.54, 1.807) is 6.07 Å². The van der Waals surface area contributed by atoms with Crippen LogP contribution in [0.4, 0.5) is 5.69 Å². The molecule has 0 amide bonds. The van der Waals surface area contributed by atoms with Gasteiger partial charge in [0.15, 0.2) is 0 Å². The predicted octanol–water partition coefficient (Wildman–Crippen LogP) is 2.96. The molecule has 0 N–H and O–H groups in total. The SMILES string of the molecule is O=C=Nc1cnc2c(Br)cccc2c1. The summed E-state index contributed by atoms with van der Waals surface area (Å²) < 4.78 is 0.927. The third-order valence-corrected chi connectivity index (χ3v) is 2.46. The number of halogens is 1. The number of aliphatic imine (C=N–C) groups is 1. The van der Waals surface area contributed by atoms with Gasteiger partial charge < -0.3 is 0 Å². The molecule has 0 fully saturated rings. The van der Waals surface area contributed by atoms with Crippen LogP contribution in [0.15, 0.2) is 39.9 Å². The van der Waals surface area contributed by atoms with Crippen molar-refractivity contribution in [3.8, 4) is 0 Å². The zero-order valence-electron chi connectivity index (χ0n) is 7.07. The Bertz CT molecular complexity index is 533. The minimum atomic E-state index is 0.519. The first kappa shape index (κ1) is 9.06. The van der Waals surface area contributed by atoms with E-state index in [-0.39, 0.29) is 0 Å². The van der Waals surface area contributed by atoms with Gasteiger partial charge in [0.25, 0.3) is 0 Å². The summed E-state index contributed by atoms with van der Waals surface area (Å²) in [5, 5.41) is 0.941. The Hall–Kier alpha value is -1.51. The summed E-state index contributed by atoms with van der Waals surface area (Å²) >= 11 is 3.39. The summed E-state index contributed by atoms with van der Waals surface area (Å²) in [5.41, 5.74) is 1.38. The lowest BCUT2D eigenvalue weighted by Gasteiger charge is -1.99. The van der Waals surface area contributed by atoms with Crippen LogP contribution in [0.2, 0.25) is 0 Å². The molecule has 4 heteroatoms. The number of rotatable bonds is 1. The van der Waals surface area contributed by atoms with Gasteiger partial charge >= 0.3 is 0 Å². The number of isocyanates is 1. The zero-order valence-corrected chi connectivity index (χ0v) is 8.65. The summed E-state index contributed by atoms with van der Waals surface area (Å²) in [5.74, 6) is 0. The van der Waals surface area contributed by atoms with Gasteiger partial charge in [0.2, 0.25) is 6.08 Å². The van der Waals surface area contributed by atoms with E-state index in [9.17, 15) is 4.79 Å². The van der Waals surface area contributed by atoms with Crippen molar-refractivity contribution in [3.05, 3.63) is 34.9 Å². The molecule has 1 aromatic heterocycles. The molecule has 0 aliphatic rings. The zero-order chi connectivity index (χ0) is 9.97. The van der Waals surface area contributed by atoms with Gasteiger partial charge in [-0.15, -0.1) is 0 Å². The number of fused-ring (bicyclic) bond motifs is 1. The third-order valence-electron chi connectivity index (χ3n) is 1.82. The van der Waals surface area contributed by atoms with E-state index >= 15 is 0 Å². The second kappa shape index (κ2) is 3.70. The number of hydrogen-bond acceptors (Lipinski definition) is 3. The molecule has 0 radical (unpaired) electrons. The number of para-hydroxylation sites is 1. The van der Waals surface area contributed by atoms with Crippen LogP contribution in [0.1, 0.15) is 0 Å². The number of hydrogen-bond donors (Lipinski definition) is 0. The third kappa shape index (κ3) is 1.58. The van der Waals surface area contributed by atoms with Crippen molar-refractivity contribution in [1.82, 2.24) is 4.98 Å². The van der Waals surface area contributed by atoms with Crippen LogP contribution in [0.3, 0.4) is 0 Å². The van der Waals surface area contributed by atoms with E-state index in [1.807, 2.05) is 18.2 Å². The molecule has 0 unspecified atom stereocenters. The monoisotopic (exact) mass is 248 g/mol. The van der Waals surface area contributed by atoms with Crippen molar-refractivity contribution in [2.75, 3.05) is 0 Å². The van der Waals surface area contributed by atoms with Gasteiger partial charge in [-0.1, -0.05) is 12.1 Å². The topological polar surface area (TPSA) is 42.3 Å². The average molecular weight is 249 g/mol. The van der Waals surface area contributed by atoms with Gasteiger partial charge in [0.1, 0.15) is 0 Å². The van der Waals surface area contributed by atoms with Gasteiger partial charge in [0.05, 0.1) is 17.4 Å². The first-order valence-corrected chi connectivity index (χ1v) is 4.73. The molecular formula is C10H5BrN2O. The second-order valence-corrected chi connectivity index (χ2v) is 3.56. The Morgan fingerprint density at radius 2 is 2.29 bits per heavy atom. The van der Waals surface area contributed by atoms with Crippen LogP contribution in [-0.2, 0) is 4.79 Å². The van der Waals surface area contributed by atoms with Gasteiger partial charge in [-0.2, -0.15) is 4.99 Å². The van der Waals surface area contributed by atoms with E-state index in [0.717, 1.165) is 15.4 Å². The molecule has 0 atom stereocenters. The molecule has 2 rings (SSSR count). The highest BCUT2D eigenvalue weighted by Gasteiger charge is 1.99. The van der Waals surface area contributed by atoms with Crippen LogP contribution in [0.25, 0.3) is 10.9 Å². The van der Waals surface area contributed by atoms with Crippen molar-refractivity contribution < 1.29 is 4.79 Å². The molecule has 1 heterocycles. The van der Waals surface area contributed by atoms with Gasteiger partial charge in [-0.05, 0) is 28.1 Å². The molecule has 68 valence electrons. The molecule has 14 heavy (non-hydrogen) atoms. The number of benzene rings is 1. The van der Waals surface area contributed by atoms with Crippen molar-refractivity contribution in [1.29, 1.82) is 0 Å². The molecule has 0 spiro atoms. The maximum absolute atomic E-state index is 10.0. The molecular weight excluding hydrogens is 244 g/mol. The summed E-state index contributed by atoms with van der Waals surface area (Å²) in [6, 6.07) is 7.52. The molecule has 0 aliphatic carbocycles. The van der Waals surface area contributed by atoms with Crippen molar-refractivity contribution >= 4 is 38.6 Å². The van der Waals surface area contributed by atoms with Crippen LogP contribution < -0.4 is 0 Å². The molecule has 3 nitrogen and oxygen atoms in total. The number of pyridine rings is 1. The van der Waals surface area contributed by atoms with Crippen LogP contribution in [0, 0.1) is 0 Å². The quantitative estimate of drug-likeness (QED) is 0.575. The highest BCUT2D eigenvalue weighted by atomic mass is 79.9. The largest absolute Gasteiger partial charge is 0.253 e. The maximum atomic E-state index is 10.0. The Kier molecular flexibility index (Phi) is 2.39. The summed E-state index contributed by atoms with van der Waals surface area (Å²) in [6.07, 6.45) is 3.03. The van der Waals surface area contributed by atoms with Gasteiger partial charge in [-0.25, -0.2) is 4.79 Å². The number of aromatic nitrogens is 1. The number of nitrogens with zero attached hydrogens (tertiary/aromatic N) is 2. The average Bonchev–Trinajstić information content (AvgIpc) is 2.18. The molecule has 0 aliphatic heterocycles. The smallest absolute Gasteiger partial charge is 0.240 e. The Balaban J connectivity index is 2.73. The first-order valence-electron chi connectivity index (χ1n) is 3.93. The highest BCUT2D eigenvalue weighted by molar-refractivity contribution is 9.10. The van der Waals surface area contributed by atoms with E-state index in [0.29, 0.717) is 5.69 Å². The van der Waals surface area contributed by atoms with Crippen molar-refractivity contribution in [3.63, 3.8) is 0 Å². The molecule has 2 aromatic rings. The second-order valence-electron chi connectivity index (χ2n) is 2.71. The molecule has 0 saturated carbocycles. The highest BCUT2D eigenvalue weighted by Crippen LogP contribution is 2.24. The Labute approximate surface area is 88.6 Å². The fraction of sp³-hybridized carbons (Fsp3) is 0. The molecule has 0 bridgehead atoms. The Morgan fingerprint density at radius 3 is 3.07 bits per heavy atom. The fourth-order valence-corrected chi connectivity index (χ4v) is 1.71. The van der Waals surface area contributed by atoms with Crippen LogP contribution in [0.5, 0.6) is 0 Å². The summed E-state index contributed by atoms with van der Waals surface area (Å²) in [6.45, 7) is 0. The summed E-state index contributed by atoms with van der Waals surface area (Å²) in [7, 11) is 0. The van der Waals surface area contributed by atoms with Gasteiger partial charge in [0, 0.05) is 9.86 Å². The van der Waals surface area contributed by atoms with Crippen LogP contribution >= 0.6 is 15.9 Å². The van der Waals surface area contributed by atoms with Crippen molar-refractivity contribution in [2.45, 2.75) is 0 Å². The Morgan fingerprint density at radius 1 is 1.43 bits per heavy atom. The lowest BCUT2D eigenvalue weighted by atomic mass is 10.2.